The number of urea groups is 1. The number of carbonyl (C=O) groups is 3. The number of amides is 4. The van der Waals surface area contributed by atoms with Crippen molar-refractivity contribution in [2.45, 2.75) is 45.3 Å². The molecule has 10 heteroatoms. The second kappa shape index (κ2) is 8.52. The van der Waals surface area contributed by atoms with Crippen LogP contribution in [0.1, 0.15) is 27.9 Å². The van der Waals surface area contributed by atoms with Crippen molar-refractivity contribution in [2.75, 3.05) is 21.1 Å². The average molecular weight is 527 g/mol. The van der Waals surface area contributed by atoms with E-state index in [2.05, 4.69) is 5.32 Å². The highest BCUT2D eigenvalue weighted by Gasteiger charge is 2.54. The summed E-state index contributed by atoms with van der Waals surface area (Å²) in [5.41, 5.74) is 5.82. The number of imide groups is 1. The molecule has 0 radical (unpaired) electrons. The molecule has 0 bridgehead atoms. The molecule has 1 spiro atoms. The van der Waals surface area contributed by atoms with Crippen LogP contribution >= 0.6 is 0 Å². The summed E-state index contributed by atoms with van der Waals surface area (Å²) in [7, 11) is 5.01. The maximum Gasteiger partial charge on any atom is 0.329 e. The molecule has 1 saturated heterocycles. The molecular weight excluding hydrogens is 496 g/mol. The molecule has 1 fully saturated rings. The third-order valence-corrected chi connectivity index (χ3v) is 8.18. The standard InChI is InChI=1S/C29H30N6O4/c1-16-8-17(2)25-23(9-16)34(28(39)35(25)15-24(36)32(3)4)14-21-7-6-18-10-19-12-29(13-20(19)11-22(18)30-21)26(37)31-27(38)33(29)5/h6-11H,12-15H2,1-5H3,(H,31,37,38). The highest BCUT2D eigenvalue weighted by molar-refractivity contribution is 6.08. The SMILES string of the molecule is Cc1cc(C)c2c(c1)n(Cc1ccc3cc4c(cc3n1)CC1(C4)C(=O)NC(=O)N1C)c(=O)n2CC(=O)N(C)C. The Kier molecular flexibility index (Phi) is 5.43. The molecular formula is C29H30N6O4. The molecule has 200 valence electrons. The molecule has 2 aromatic carbocycles. The summed E-state index contributed by atoms with van der Waals surface area (Å²) in [6, 6.07) is 11.5. The minimum atomic E-state index is -0.894. The van der Waals surface area contributed by atoms with Crippen molar-refractivity contribution in [3.63, 3.8) is 0 Å². The van der Waals surface area contributed by atoms with Gasteiger partial charge in [-0.3, -0.25) is 29.0 Å². The van der Waals surface area contributed by atoms with Crippen molar-refractivity contribution in [1.82, 2.24) is 29.2 Å². The van der Waals surface area contributed by atoms with Crippen LogP contribution in [0.25, 0.3) is 21.9 Å². The lowest BCUT2D eigenvalue weighted by Gasteiger charge is -2.27. The van der Waals surface area contributed by atoms with E-state index in [1.165, 1.54) is 9.80 Å². The molecule has 3 heterocycles. The number of pyridine rings is 1. The van der Waals surface area contributed by atoms with Crippen molar-refractivity contribution in [1.29, 1.82) is 0 Å². The van der Waals surface area contributed by atoms with Gasteiger partial charge in [0, 0.05) is 39.4 Å². The number of nitrogens with zero attached hydrogens (tertiary/aromatic N) is 5. The van der Waals surface area contributed by atoms with Gasteiger partial charge >= 0.3 is 11.7 Å². The van der Waals surface area contributed by atoms with Crippen LogP contribution in [0.15, 0.2) is 41.2 Å². The lowest BCUT2D eigenvalue weighted by molar-refractivity contribution is -0.129. The van der Waals surface area contributed by atoms with E-state index < -0.39 is 5.54 Å². The van der Waals surface area contributed by atoms with E-state index in [1.807, 2.05) is 50.2 Å². The van der Waals surface area contributed by atoms with E-state index in [-0.39, 0.29) is 36.6 Å². The normalized spacial score (nSPS) is 18.4. The van der Waals surface area contributed by atoms with Gasteiger partial charge in [-0.1, -0.05) is 12.1 Å². The van der Waals surface area contributed by atoms with E-state index in [9.17, 15) is 19.2 Å². The molecule has 39 heavy (non-hydrogen) atoms. The summed E-state index contributed by atoms with van der Waals surface area (Å²) < 4.78 is 3.22. The van der Waals surface area contributed by atoms with Gasteiger partial charge < -0.3 is 9.80 Å². The smallest absolute Gasteiger partial charge is 0.329 e. The fraction of sp³-hybridized carbons (Fsp3) is 0.345. The van der Waals surface area contributed by atoms with Gasteiger partial charge in [0.1, 0.15) is 12.1 Å². The lowest BCUT2D eigenvalue weighted by atomic mass is 9.95. The topological polar surface area (TPSA) is 110 Å². The van der Waals surface area contributed by atoms with Gasteiger partial charge in [0.2, 0.25) is 5.91 Å². The van der Waals surface area contributed by atoms with Gasteiger partial charge in [-0.05, 0) is 60.4 Å². The molecule has 2 aliphatic rings. The third kappa shape index (κ3) is 3.73. The van der Waals surface area contributed by atoms with Crippen LogP contribution in [0, 0.1) is 13.8 Å². The van der Waals surface area contributed by atoms with Crippen LogP contribution in [0.3, 0.4) is 0 Å². The Balaban J connectivity index is 1.40. The first-order valence-corrected chi connectivity index (χ1v) is 12.9. The highest BCUT2D eigenvalue weighted by atomic mass is 16.2. The summed E-state index contributed by atoms with van der Waals surface area (Å²) in [4.78, 5) is 58.9. The van der Waals surface area contributed by atoms with Gasteiger partial charge in [0.15, 0.2) is 0 Å². The fourth-order valence-corrected chi connectivity index (χ4v) is 6.03. The van der Waals surface area contributed by atoms with E-state index in [1.54, 1.807) is 30.3 Å². The zero-order valence-corrected chi connectivity index (χ0v) is 22.7. The fourth-order valence-electron chi connectivity index (χ4n) is 6.03. The lowest BCUT2D eigenvalue weighted by Crippen LogP contribution is -2.48. The zero-order chi connectivity index (χ0) is 27.8. The van der Waals surface area contributed by atoms with Crippen LogP contribution in [-0.4, -0.2) is 68.4 Å². The highest BCUT2D eigenvalue weighted by Crippen LogP contribution is 2.38. The molecule has 1 atom stereocenters. The van der Waals surface area contributed by atoms with E-state index in [0.29, 0.717) is 18.5 Å². The van der Waals surface area contributed by atoms with Crippen LogP contribution in [0.2, 0.25) is 0 Å². The minimum Gasteiger partial charge on any atom is -0.347 e. The number of nitrogens with one attached hydrogen (secondary N) is 1. The Morgan fingerprint density at radius 2 is 1.74 bits per heavy atom. The molecule has 10 nitrogen and oxygen atoms in total. The first-order valence-electron chi connectivity index (χ1n) is 12.9. The Labute approximate surface area is 224 Å². The number of carbonyl (C=O) groups excluding carboxylic acids is 3. The number of imidazole rings is 1. The van der Waals surface area contributed by atoms with Crippen molar-refractivity contribution in [2.24, 2.45) is 0 Å². The van der Waals surface area contributed by atoms with Crippen molar-refractivity contribution in [3.05, 3.63) is 74.8 Å². The van der Waals surface area contributed by atoms with E-state index in [4.69, 9.17) is 4.98 Å². The molecule has 1 aliphatic carbocycles. The second-order valence-corrected chi connectivity index (χ2v) is 11.0. The minimum absolute atomic E-state index is 0.0389. The Hall–Kier alpha value is -4.47. The molecule has 1 N–H and O–H groups in total. The number of hydrogen-bond acceptors (Lipinski definition) is 5. The van der Waals surface area contributed by atoms with Crippen LogP contribution in [0.5, 0.6) is 0 Å². The van der Waals surface area contributed by atoms with Gasteiger partial charge in [-0.2, -0.15) is 0 Å². The third-order valence-electron chi connectivity index (χ3n) is 8.18. The molecule has 4 amide bonds. The number of benzene rings is 2. The van der Waals surface area contributed by atoms with Crippen molar-refractivity contribution in [3.8, 4) is 0 Å². The van der Waals surface area contributed by atoms with Gasteiger partial charge in [-0.25, -0.2) is 9.59 Å². The summed E-state index contributed by atoms with van der Waals surface area (Å²) >= 11 is 0. The average Bonchev–Trinajstić information content (AvgIpc) is 3.44. The van der Waals surface area contributed by atoms with Crippen LogP contribution in [0.4, 0.5) is 4.79 Å². The van der Waals surface area contributed by atoms with Crippen molar-refractivity contribution < 1.29 is 14.4 Å². The predicted molar refractivity (Wildman–Crippen MR) is 147 cm³/mol. The molecule has 6 rings (SSSR count). The molecule has 1 aliphatic heterocycles. The number of aryl methyl sites for hydroxylation is 2. The Morgan fingerprint density at radius 3 is 2.41 bits per heavy atom. The zero-order valence-electron chi connectivity index (χ0n) is 22.7. The monoisotopic (exact) mass is 526 g/mol. The Bertz CT molecular complexity index is 1800. The molecule has 1 unspecified atom stereocenters. The van der Waals surface area contributed by atoms with Gasteiger partial charge in [0.05, 0.1) is 28.8 Å². The molecule has 4 aromatic rings. The second-order valence-electron chi connectivity index (χ2n) is 11.0. The predicted octanol–water partition coefficient (Wildman–Crippen LogP) is 2.12. The first kappa shape index (κ1) is 24.8. The number of likely N-dealkylation sites (N-methyl/N-ethyl adjacent to an activating group) is 2. The van der Waals surface area contributed by atoms with E-state index >= 15 is 0 Å². The van der Waals surface area contributed by atoms with E-state index in [0.717, 1.165) is 44.2 Å². The molecule has 0 saturated carbocycles. The summed E-state index contributed by atoms with van der Waals surface area (Å²) in [6.07, 6.45) is 0.900. The van der Waals surface area contributed by atoms with Gasteiger partial charge in [-0.15, -0.1) is 0 Å². The quantitative estimate of drug-likeness (QED) is 0.410. The number of hydrogen-bond donors (Lipinski definition) is 1. The number of aromatic nitrogens is 3. The van der Waals surface area contributed by atoms with Crippen LogP contribution in [-0.2, 0) is 35.5 Å². The summed E-state index contributed by atoms with van der Waals surface area (Å²) in [5, 5.41) is 3.36. The van der Waals surface area contributed by atoms with Gasteiger partial charge in [0.25, 0.3) is 5.91 Å². The largest absolute Gasteiger partial charge is 0.347 e. The first-order chi connectivity index (χ1) is 18.5. The number of fused-ring (bicyclic) bond motifs is 3. The molecule has 2 aromatic heterocycles. The maximum atomic E-state index is 13.6. The summed E-state index contributed by atoms with van der Waals surface area (Å²) in [5.74, 6) is -0.423. The Morgan fingerprint density at radius 1 is 1.03 bits per heavy atom. The van der Waals surface area contributed by atoms with Crippen molar-refractivity contribution >= 4 is 39.8 Å². The number of rotatable bonds is 4. The van der Waals surface area contributed by atoms with Crippen LogP contribution < -0.4 is 11.0 Å². The summed E-state index contributed by atoms with van der Waals surface area (Å²) in [6.45, 7) is 4.15. The maximum absolute atomic E-state index is 13.6.